The molecule has 1 N–H and O–H groups in total. The van der Waals surface area contributed by atoms with Gasteiger partial charge in [0.1, 0.15) is 0 Å². The van der Waals surface area contributed by atoms with E-state index >= 15 is 0 Å². The number of urea groups is 1. The number of amides is 2. The molecule has 0 bridgehead atoms. The molecule has 1 atom stereocenters. The predicted octanol–water partition coefficient (Wildman–Crippen LogP) is 1.84. The lowest BCUT2D eigenvalue weighted by Gasteiger charge is -2.24. The number of rotatable bonds is 2. The summed E-state index contributed by atoms with van der Waals surface area (Å²) in [5, 5.41) is 2.30. The molecular formula is C9H16F2N2O. The third kappa shape index (κ3) is 2.82. The summed E-state index contributed by atoms with van der Waals surface area (Å²) in [5.41, 5.74) is 0. The van der Waals surface area contributed by atoms with Crippen LogP contribution in [-0.4, -0.2) is 36.0 Å². The number of hydrogen-bond acceptors (Lipinski definition) is 1. The molecule has 0 saturated carbocycles. The monoisotopic (exact) mass is 206 g/mol. The number of nitrogens with one attached hydrogen (secondary N) is 1. The SMILES string of the molecule is C[C@H](NC(=O)N1CCCC1)C(C)(F)F. The van der Waals surface area contributed by atoms with Gasteiger partial charge in [-0.2, -0.15) is 0 Å². The van der Waals surface area contributed by atoms with Crippen LogP contribution in [0.5, 0.6) is 0 Å². The Bertz CT molecular complexity index is 209. The van der Waals surface area contributed by atoms with Crippen molar-refractivity contribution in [2.45, 2.75) is 38.7 Å². The van der Waals surface area contributed by atoms with Gasteiger partial charge in [-0.3, -0.25) is 0 Å². The minimum atomic E-state index is -2.87. The van der Waals surface area contributed by atoms with Gasteiger partial charge in [0.05, 0.1) is 6.04 Å². The maximum atomic E-state index is 12.7. The maximum Gasteiger partial charge on any atom is 0.317 e. The lowest BCUT2D eigenvalue weighted by atomic mass is 10.2. The van der Waals surface area contributed by atoms with E-state index in [9.17, 15) is 13.6 Å². The summed E-state index contributed by atoms with van der Waals surface area (Å²) in [4.78, 5) is 13.0. The van der Waals surface area contributed by atoms with Crippen LogP contribution < -0.4 is 5.32 Å². The molecule has 0 spiro atoms. The molecular weight excluding hydrogens is 190 g/mol. The largest absolute Gasteiger partial charge is 0.329 e. The minimum Gasteiger partial charge on any atom is -0.329 e. The van der Waals surface area contributed by atoms with Crippen LogP contribution >= 0.6 is 0 Å². The Balaban J connectivity index is 2.40. The number of hydrogen-bond donors (Lipinski definition) is 1. The van der Waals surface area contributed by atoms with Crippen LogP contribution in [0.25, 0.3) is 0 Å². The zero-order chi connectivity index (χ0) is 10.8. The average molecular weight is 206 g/mol. The molecule has 1 aliphatic rings. The minimum absolute atomic E-state index is 0.378. The Kier molecular flexibility index (Phi) is 3.29. The second-order valence-electron chi connectivity index (χ2n) is 3.82. The zero-order valence-electron chi connectivity index (χ0n) is 8.52. The van der Waals surface area contributed by atoms with Gasteiger partial charge in [0, 0.05) is 20.0 Å². The summed E-state index contributed by atoms with van der Waals surface area (Å²) in [5.74, 6) is -2.87. The Morgan fingerprint density at radius 2 is 1.93 bits per heavy atom. The number of carbonyl (C=O) groups excluding carboxylic acids is 1. The zero-order valence-corrected chi connectivity index (χ0v) is 8.52. The van der Waals surface area contributed by atoms with Crippen LogP contribution in [0.3, 0.4) is 0 Å². The molecule has 0 aromatic rings. The van der Waals surface area contributed by atoms with E-state index in [0.29, 0.717) is 13.1 Å². The van der Waals surface area contributed by atoms with Gasteiger partial charge in [-0.1, -0.05) is 0 Å². The van der Waals surface area contributed by atoms with E-state index in [2.05, 4.69) is 5.32 Å². The lowest BCUT2D eigenvalue weighted by molar-refractivity contribution is -0.00959. The van der Waals surface area contributed by atoms with E-state index in [-0.39, 0.29) is 6.03 Å². The third-order valence-electron chi connectivity index (χ3n) is 2.49. The van der Waals surface area contributed by atoms with Crippen molar-refractivity contribution in [1.82, 2.24) is 10.2 Å². The molecule has 1 fully saturated rings. The van der Waals surface area contributed by atoms with Crippen LogP contribution in [0.15, 0.2) is 0 Å². The van der Waals surface area contributed by atoms with Crippen LogP contribution in [0, 0.1) is 0 Å². The molecule has 5 heteroatoms. The fourth-order valence-electron chi connectivity index (χ4n) is 1.32. The van der Waals surface area contributed by atoms with Crippen molar-refractivity contribution < 1.29 is 13.6 Å². The van der Waals surface area contributed by atoms with Gasteiger partial charge in [0.2, 0.25) is 0 Å². The highest BCUT2D eigenvalue weighted by atomic mass is 19.3. The Labute approximate surface area is 82.5 Å². The van der Waals surface area contributed by atoms with Crippen molar-refractivity contribution in [3.05, 3.63) is 0 Å². The molecule has 1 saturated heterocycles. The first-order chi connectivity index (χ1) is 6.41. The van der Waals surface area contributed by atoms with Gasteiger partial charge in [-0.05, 0) is 19.8 Å². The van der Waals surface area contributed by atoms with Crippen LogP contribution in [0.1, 0.15) is 26.7 Å². The van der Waals surface area contributed by atoms with Crippen molar-refractivity contribution in [2.75, 3.05) is 13.1 Å². The Morgan fingerprint density at radius 3 is 2.36 bits per heavy atom. The van der Waals surface area contributed by atoms with E-state index in [1.807, 2.05) is 0 Å². The predicted molar refractivity (Wildman–Crippen MR) is 49.4 cm³/mol. The van der Waals surface area contributed by atoms with E-state index in [1.54, 1.807) is 4.90 Å². The summed E-state index contributed by atoms with van der Waals surface area (Å²) in [6.07, 6.45) is 1.93. The number of alkyl halides is 2. The van der Waals surface area contributed by atoms with Crippen molar-refractivity contribution >= 4 is 6.03 Å². The van der Waals surface area contributed by atoms with Crippen LogP contribution in [0.4, 0.5) is 13.6 Å². The number of halogens is 2. The van der Waals surface area contributed by atoms with Crippen LogP contribution in [0.2, 0.25) is 0 Å². The molecule has 2 amide bonds. The molecule has 1 rings (SSSR count). The standard InChI is InChI=1S/C9H16F2N2O/c1-7(9(2,10)11)12-8(14)13-5-3-4-6-13/h7H,3-6H2,1-2H3,(H,12,14)/t7-/m0/s1. The molecule has 1 heterocycles. The quantitative estimate of drug-likeness (QED) is 0.734. The highest BCUT2D eigenvalue weighted by Crippen LogP contribution is 2.17. The second kappa shape index (κ2) is 4.11. The van der Waals surface area contributed by atoms with Crippen molar-refractivity contribution in [3.8, 4) is 0 Å². The molecule has 3 nitrogen and oxygen atoms in total. The lowest BCUT2D eigenvalue weighted by Crippen LogP contribution is -2.48. The normalized spacial score (nSPS) is 19.6. The van der Waals surface area contributed by atoms with E-state index in [1.165, 1.54) is 6.92 Å². The molecule has 0 aromatic heterocycles. The van der Waals surface area contributed by atoms with Gasteiger partial charge < -0.3 is 10.2 Å². The maximum absolute atomic E-state index is 12.7. The number of nitrogens with zero attached hydrogens (tertiary/aromatic N) is 1. The fourth-order valence-corrected chi connectivity index (χ4v) is 1.32. The van der Waals surface area contributed by atoms with Crippen molar-refractivity contribution in [1.29, 1.82) is 0 Å². The summed E-state index contributed by atoms with van der Waals surface area (Å²) < 4.78 is 25.5. The van der Waals surface area contributed by atoms with Gasteiger partial charge in [-0.15, -0.1) is 0 Å². The van der Waals surface area contributed by atoms with Crippen molar-refractivity contribution in [3.63, 3.8) is 0 Å². The smallest absolute Gasteiger partial charge is 0.317 e. The van der Waals surface area contributed by atoms with Gasteiger partial charge >= 0.3 is 6.03 Å². The summed E-state index contributed by atoms with van der Waals surface area (Å²) in [6, 6.07) is -1.49. The topological polar surface area (TPSA) is 32.3 Å². The van der Waals surface area contributed by atoms with E-state index in [4.69, 9.17) is 0 Å². The summed E-state index contributed by atoms with van der Waals surface area (Å²) >= 11 is 0. The molecule has 0 aromatic carbocycles. The first-order valence-corrected chi connectivity index (χ1v) is 4.84. The molecule has 0 aliphatic carbocycles. The first-order valence-electron chi connectivity index (χ1n) is 4.84. The number of carbonyl (C=O) groups is 1. The van der Waals surface area contributed by atoms with Gasteiger partial charge in [-0.25, -0.2) is 13.6 Å². The Hall–Kier alpha value is -0.870. The fraction of sp³-hybridized carbons (Fsp3) is 0.889. The summed E-state index contributed by atoms with van der Waals surface area (Å²) in [7, 11) is 0. The highest BCUT2D eigenvalue weighted by Gasteiger charge is 2.32. The average Bonchev–Trinajstić information content (AvgIpc) is 2.53. The van der Waals surface area contributed by atoms with E-state index < -0.39 is 12.0 Å². The van der Waals surface area contributed by atoms with Gasteiger partial charge in [0.15, 0.2) is 0 Å². The second-order valence-corrected chi connectivity index (χ2v) is 3.82. The van der Waals surface area contributed by atoms with Crippen LogP contribution in [-0.2, 0) is 0 Å². The molecule has 0 unspecified atom stereocenters. The van der Waals surface area contributed by atoms with Gasteiger partial charge in [0.25, 0.3) is 5.92 Å². The highest BCUT2D eigenvalue weighted by molar-refractivity contribution is 5.74. The summed E-state index contributed by atoms with van der Waals surface area (Å²) in [6.45, 7) is 3.47. The molecule has 1 aliphatic heterocycles. The molecule has 14 heavy (non-hydrogen) atoms. The Morgan fingerprint density at radius 1 is 1.43 bits per heavy atom. The molecule has 82 valence electrons. The van der Waals surface area contributed by atoms with Crippen molar-refractivity contribution in [2.24, 2.45) is 0 Å². The third-order valence-corrected chi connectivity index (χ3v) is 2.49. The van der Waals surface area contributed by atoms with E-state index in [0.717, 1.165) is 19.8 Å². The number of likely N-dealkylation sites (tertiary alicyclic amines) is 1. The first kappa shape index (κ1) is 11.2. The molecule has 0 radical (unpaired) electrons.